The Balaban J connectivity index is 2.00. The molecule has 1 aromatic heterocycles. The highest BCUT2D eigenvalue weighted by Crippen LogP contribution is 2.27. The van der Waals surface area contributed by atoms with Crippen LogP contribution in [0.3, 0.4) is 0 Å². The van der Waals surface area contributed by atoms with Gasteiger partial charge in [-0.3, -0.25) is 0 Å². The summed E-state index contributed by atoms with van der Waals surface area (Å²) < 4.78 is 0.984. The Labute approximate surface area is 119 Å². The molecule has 0 fully saturated rings. The van der Waals surface area contributed by atoms with Gasteiger partial charge in [-0.1, -0.05) is 24.3 Å². The zero-order valence-corrected chi connectivity index (χ0v) is 11.9. The summed E-state index contributed by atoms with van der Waals surface area (Å²) in [6.45, 7) is 0. The van der Waals surface area contributed by atoms with Crippen molar-refractivity contribution in [2.24, 2.45) is 0 Å². The highest BCUT2D eigenvalue weighted by atomic mass is 79.9. The average molecular weight is 324 g/mol. The van der Waals surface area contributed by atoms with E-state index in [1.807, 2.05) is 24.3 Å². The van der Waals surface area contributed by atoms with Gasteiger partial charge in [0.15, 0.2) is 0 Å². The highest BCUT2D eigenvalue weighted by Gasteiger charge is 2.09. The number of rotatable bonds is 4. The second-order valence-corrected chi connectivity index (χ2v) is 5.51. The van der Waals surface area contributed by atoms with Crippen LogP contribution in [0.2, 0.25) is 0 Å². The zero-order valence-electron chi connectivity index (χ0n) is 9.45. The van der Waals surface area contributed by atoms with E-state index in [2.05, 4.69) is 20.9 Å². The third-order valence-electron chi connectivity index (χ3n) is 2.38. The van der Waals surface area contributed by atoms with Crippen LogP contribution < -0.4 is 5.46 Å². The fourth-order valence-electron chi connectivity index (χ4n) is 1.42. The second-order valence-electron chi connectivity index (χ2n) is 3.69. The third-order valence-corrected chi connectivity index (χ3v) is 4.36. The molecule has 0 amide bonds. The van der Waals surface area contributed by atoms with Crippen LogP contribution in [0.1, 0.15) is 5.56 Å². The molecule has 2 rings (SSSR count). The van der Waals surface area contributed by atoms with Crippen molar-refractivity contribution >= 4 is 40.3 Å². The molecule has 2 aromatic rings. The Morgan fingerprint density at radius 2 is 1.89 bits per heavy atom. The van der Waals surface area contributed by atoms with E-state index in [4.69, 9.17) is 10.0 Å². The number of hydrogen-bond acceptors (Lipinski definition) is 4. The van der Waals surface area contributed by atoms with Gasteiger partial charge in [0.05, 0.1) is 0 Å². The predicted octanol–water partition coefficient (Wildman–Crippen LogP) is 1.82. The van der Waals surface area contributed by atoms with Gasteiger partial charge >= 0.3 is 7.12 Å². The minimum atomic E-state index is -1.41. The molecular weight excluding hydrogens is 313 g/mol. The van der Waals surface area contributed by atoms with Crippen LogP contribution in [-0.4, -0.2) is 22.2 Å². The summed E-state index contributed by atoms with van der Waals surface area (Å²) in [7, 11) is -1.41. The van der Waals surface area contributed by atoms with Crippen LogP contribution in [-0.2, 0) is 5.75 Å². The molecule has 18 heavy (non-hydrogen) atoms. The summed E-state index contributed by atoms with van der Waals surface area (Å²) in [4.78, 5) is 4.28. The van der Waals surface area contributed by atoms with E-state index in [1.165, 1.54) is 0 Å². The van der Waals surface area contributed by atoms with Gasteiger partial charge in [0, 0.05) is 16.4 Å². The molecule has 3 nitrogen and oxygen atoms in total. The van der Waals surface area contributed by atoms with E-state index in [9.17, 15) is 0 Å². The molecule has 6 heteroatoms. The molecular formula is C12H11BBrNO2S. The maximum Gasteiger partial charge on any atom is 0.488 e. The van der Waals surface area contributed by atoms with Crippen LogP contribution in [0.4, 0.5) is 0 Å². The second kappa shape index (κ2) is 6.38. The van der Waals surface area contributed by atoms with Crippen molar-refractivity contribution in [1.82, 2.24) is 4.98 Å². The first-order valence-electron chi connectivity index (χ1n) is 5.35. The molecule has 0 aliphatic heterocycles. The summed E-state index contributed by atoms with van der Waals surface area (Å²) in [5.74, 6) is 0.789. The SMILES string of the molecule is OB(O)c1ccc(CSc2ncccc2Br)cc1. The quantitative estimate of drug-likeness (QED) is 0.665. The average Bonchev–Trinajstić information content (AvgIpc) is 2.38. The van der Waals surface area contributed by atoms with E-state index < -0.39 is 7.12 Å². The number of benzene rings is 1. The molecule has 0 aliphatic rings. The topological polar surface area (TPSA) is 53.4 Å². The van der Waals surface area contributed by atoms with Crippen molar-refractivity contribution in [3.05, 3.63) is 52.6 Å². The largest absolute Gasteiger partial charge is 0.488 e. The van der Waals surface area contributed by atoms with E-state index >= 15 is 0 Å². The smallest absolute Gasteiger partial charge is 0.423 e. The van der Waals surface area contributed by atoms with Gasteiger partial charge in [-0.05, 0) is 39.1 Å². The van der Waals surface area contributed by atoms with E-state index in [0.717, 1.165) is 20.8 Å². The van der Waals surface area contributed by atoms with Crippen molar-refractivity contribution in [3.63, 3.8) is 0 Å². The van der Waals surface area contributed by atoms with E-state index in [1.54, 1.807) is 30.1 Å². The number of nitrogens with zero attached hydrogens (tertiary/aromatic N) is 1. The maximum absolute atomic E-state index is 8.99. The van der Waals surface area contributed by atoms with Crippen molar-refractivity contribution < 1.29 is 10.0 Å². The van der Waals surface area contributed by atoms with Crippen molar-refractivity contribution in [3.8, 4) is 0 Å². The van der Waals surface area contributed by atoms with Crippen LogP contribution in [0.25, 0.3) is 0 Å². The Kier molecular flexibility index (Phi) is 4.83. The third kappa shape index (κ3) is 3.59. The first-order valence-corrected chi connectivity index (χ1v) is 7.13. The molecule has 0 aliphatic carbocycles. The van der Waals surface area contributed by atoms with Gasteiger partial charge in [0.1, 0.15) is 5.03 Å². The van der Waals surface area contributed by atoms with Gasteiger partial charge < -0.3 is 10.0 Å². The number of halogens is 1. The van der Waals surface area contributed by atoms with Crippen LogP contribution >= 0.6 is 27.7 Å². The molecule has 0 saturated carbocycles. The first-order chi connectivity index (χ1) is 8.66. The molecule has 0 bridgehead atoms. The standard InChI is InChI=1S/C12H11BBrNO2S/c14-11-2-1-7-15-12(11)18-8-9-3-5-10(6-4-9)13(16)17/h1-7,16-17H,8H2. The Hall–Kier alpha value is -0.815. The molecule has 0 unspecified atom stereocenters. The van der Waals surface area contributed by atoms with Crippen LogP contribution in [0.15, 0.2) is 52.1 Å². The summed E-state index contributed by atoms with van der Waals surface area (Å²) in [6.07, 6.45) is 1.76. The molecule has 0 radical (unpaired) electrons. The summed E-state index contributed by atoms with van der Waals surface area (Å²) in [5, 5.41) is 18.9. The van der Waals surface area contributed by atoms with Crippen molar-refractivity contribution in [1.29, 1.82) is 0 Å². The maximum atomic E-state index is 8.99. The normalized spacial score (nSPS) is 10.4. The Morgan fingerprint density at radius 3 is 2.50 bits per heavy atom. The molecule has 0 atom stereocenters. The van der Waals surface area contributed by atoms with E-state index in [-0.39, 0.29) is 0 Å². The van der Waals surface area contributed by atoms with Crippen LogP contribution in [0.5, 0.6) is 0 Å². The fraction of sp³-hybridized carbons (Fsp3) is 0.0833. The highest BCUT2D eigenvalue weighted by molar-refractivity contribution is 9.10. The fourth-order valence-corrected chi connectivity index (χ4v) is 2.85. The molecule has 0 saturated heterocycles. The summed E-state index contributed by atoms with van der Waals surface area (Å²) in [5.41, 5.74) is 1.62. The van der Waals surface area contributed by atoms with Gasteiger partial charge in [-0.25, -0.2) is 4.98 Å². The minimum absolute atomic E-state index is 0.503. The van der Waals surface area contributed by atoms with Crippen LogP contribution in [0, 0.1) is 0 Å². The monoisotopic (exact) mass is 323 g/mol. The Morgan fingerprint density at radius 1 is 1.17 bits per heavy atom. The van der Waals surface area contributed by atoms with Crippen molar-refractivity contribution in [2.75, 3.05) is 0 Å². The van der Waals surface area contributed by atoms with E-state index in [0.29, 0.717) is 5.46 Å². The van der Waals surface area contributed by atoms with Crippen molar-refractivity contribution in [2.45, 2.75) is 10.8 Å². The van der Waals surface area contributed by atoms with Gasteiger partial charge in [0.2, 0.25) is 0 Å². The molecule has 1 aromatic carbocycles. The number of thioether (sulfide) groups is 1. The minimum Gasteiger partial charge on any atom is -0.423 e. The van der Waals surface area contributed by atoms with Gasteiger partial charge in [-0.15, -0.1) is 11.8 Å². The zero-order chi connectivity index (χ0) is 13.0. The molecule has 2 N–H and O–H groups in total. The van der Waals surface area contributed by atoms with Gasteiger partial charge in [0.25, 0.3) is 0 Å². The lowest BCUT2D eigenvalue weighted by Crippen LogP contribution is -2.29. The lowest BCUT2D eigenvalue weighted by atomic mass is 9.80. The Bertz CT molecular complexity index is 522. The number of hydrogen-bond donors (Lipinski definition) is 2. The lowest BCUT2D eigenvalue weighted by molar-refractivity contribution is 0.426. The molecule has 1 heterocycles. The predicted molar refractivity (Wildman–Crippen MR) is 77.8 cm³/mol. The lowest BCUT2D eigenvalue weighted by Gasteiger charge is -2.04. The summed E-state index contributed by atoms with van der Waals surface area (Å²) in [6, 6.07) is 11.0. The van der Waals surface area contributed by atoms with Gasteiger partial charge in [-0.2, -0.15) is 0 Å². The first kappa shape index (κ1) is 13.6. The molecule has 92 valence electrons. The molecule has 0 spiro atoms. The number of aromatic nitrogens is 1. The number of pyridine rings is 1. The summed E-state index contributed by atoms with van der Waals surface area (Å²) >= 11 is 5.08.